The Morgan fingerprint density at radius 2 is 2.04 bits per heavy atom. The lowest BCUT2D eigenvalue weighted by molar-refractivity contribution is 0.102. The Labute approximate surface area is 146 Å². The van der Waals surface area contributed by atoms with Gasteiger partial charge in [0.15, 0.2) is 10.8 Å². The predicted octanol–water partition coefficient (Wildman–Crippen LogP) is 4.67. The summed E-state index contributed by atoms with van der Waals surface area (Å²) in [6, 6.07) is 9.85. The minimum Gasteiger partial charge on any atom is -0.296 e. The summed E-state index contributed by atoms with van der Waals surface area (Å²) in [6.07, 6.45) is 0. The minimum absolute atomic E-state index is 0.253. The van der Waals surface area contributed by atoms with Gasteiger partial charge in [-0.15, -0.1) is 11.3 Å². The van der Waals surface area contributed by atoms with Gasteiger partial charge >= 0.3 is 0 Å². The van der Waals surface area contributed by atoms with E-state index in [0.29, 0.717) is 15.3 Å². The number of thiazole rings is 1. The molecule has 2 aromatic heterocycles. The van der Waals surface area contributed by atoms with E-state index in [9.17, 15) is 4.79 Å². The molecule has 2 N–H and O–H groups in total. The average molecular weight is 391 g/mol. The highest BCUT2D eigenvalue weighted by molar-refractivity contribution is 9.10. The first-order chi connectivity index (χ1) is 11.1. The molecule has 0 aliphatic heterocycles. The summed E-state index contributed by atoms with van der Waals surface area (Å²) in [6.45, 7) is 4.07. The quantitative estimate of drug-likeness (QED) is 0.679. The van der Waals surface area contributed by atoms with E-state index in [0.717, 1.165) is 17.0 Å². The van der Waals surface area contributed by atoms with Crippen molar-refractivity contribution in [2.45, 2.75) is 19.8 Å². The van der Waals surface area contributed by atoms with Crippen LogP contribution in [0.15, 0.2) is 40.2 Å². The molecule has 0 saturated carbocycles. The molecule has 0 saturated heterocycles. The minimum atomic E-state index is -0.283. The van der Waals surface area contributed by atoms with Crippen molar-refractivity contribution in [3.8, 4) is 11.3 Å². The molecule has 1 aromatic carbocycles. The van der Waals surface area contributed by atoms with Crippen molar-refractivity contribution in [3.63, 3.8) is 0 Å². The summed E-state index contributed by atoms with van der Waals surface area (Å²) in [5.74, 6) is -0.0306. The van der Waals surface area contributed by atoms with Gasteiger partial charge in [0, 0.05) is 10.9 Å². The van der Waals surface area contributed by atoms with Crippen LogP contribution in [0.25, 0.3) is 11.3 Å². The number of halogens is 1. The van der Waals surface area contributed by atoms with Crippen LogP contribution >= 0.6 is 27.3 Å². The summed E-state index contributed by atoms with van der Waals surface area (Å²) in [5.41, 5.74) is 3.10. The van der Waals surface area contributed by atoms with E-state index in [4.69, 9.17) is 0 Å². The molecule has 3 rings (SSSR count). The van der Waals surface area contributed by atoms with Crippen LogP contribution in [0.5, 0.6) is 0 Å². The maximum Gasteiger partial charge on any atom is 0.279 e. The molecule has 0 radical (unpaired) electrons. The molecule has 0 aliphatic rings. The van der Waals surface area contributed by atoms with Gasteiger partial charge in [-0.05, 0) is 21.8 Å². The Balaban J connectivity index is 1.78. The maximum atomic E-state index is 12.4. The van der Waals surface area contributed by atoms with Gasteiger partial charge in [-0.3, -0.25) is 15.2 Å². The fourth-order valence-electron chi connectivity index (χ4n) is 2.10. The second-order valence-electron chi connectivity index (χ2n) is 5.31. The molecule has 7 heteroatoms. The van der Waals surface area contributed by atoms with Crippen molar-refractivity contribution in [1.29, 1.82) is 0 Å². The number of aromatic amines is 1. The maximum absolute atomic E-state index is 12.4. The van der Waals surface area contributed by atoms with Crippen LogP contribution in [0.2, 0.25) is 0 Å². The third-order valence-electron chi connectivity index (χ3n) is 3.32. The van der Waals surface area contributed by atoms with E-state index < -0.39 is 0 Å². The molecule has 1 amide bonds. The lowest BCUT2D eigenvalue weighted by atomic mass is 10.1. The first-order valence-electron chi connectivity index (χ1n) is 7.12. The summed E-state index contributed by atoms with van der Waals surface area (Å²) in [7, 11) is 0. The largest absolute Gasteiger partial charge is 0.296 e. The van der Waals surface area contributed by atoms with E-state index in [-0.39, 0.29) is 11.8 Å². The molecular formula is C16H15BrN4OS. The zero-order chi connectivity index (χ0) is 16.4. The van der Waals surface area contributed by atoms with Crippen LogP contribution in [-0.4, -0.2) is 21.1 Å². The third-order valence-corrected chi connectivity index (χ3v) is 4.88. The fraction of sp³-hybridized carbons (Fsp3) is 0.188. The second-order valence-corrected chi connectivity index (χ2v) is 6.96. The van der Waals surface area contributed by atoms with Crippen molar-refractivity contribution >= 4 is 38.3 Å². The zero-order valence-electron chi connectivity index (χ0n) is 12.6. The molecule has 0 spiro atoms. The fourth-order valence-corrected chi connectivity index (χ4v) is 3.63. The Hall–Kier alpha value is -1.99. The van der Waals surface area contributed by atoms with Gasteiger partial charge in [0.2, 0.25) is 0 Å². The van der Waals surface area contributed by atoms with Gasteiger partial charge in [-0.1, -0.05) is 44.2 Å². The molecule has 23 heavy (non-hydrogen) atoms. The highest BCUT2D eigenvalue weighted by Gasteiger charge is 2.20. The number of nitrogens with zero attached hydrogens (tertiary/aromatic N) is 2. The smallest absolute Gasteiger partial charge is 0.279 e. The Kier molecular flexibility index (Phi) is 4.58. The number of H-pyrrole nitrogens is 1. The topological polar surface area (TPSA) is 70.7 Å². The summed E-state index contributed by atoms with van der Waals surface area (Å²) in [5, 5.41) is 12.3. The number of hydrogen-bond acceptors (Lipinski definition) is 4. The lowest BCUT2D eigenvalue weighted by Gasteiger charge is -2.02. The van der Waals surface area contributed by atoms with Crippen LogP contribution in [0.4, 0.5) is 5.13 Å². The second kappa shape index (κ2) is 6.64. The SMILES string of the molecule is CC(C)c1[nH]nc(C(=O)Nc2nc(-c3ccccc3)cs2)c1Br. The highest BCUT2D eigenvalue weighted by Crippen LogP contribution is 2.28. The Morgan fingerprint density at radius 3 is 2.70 bits per heavy atom. The zero-order valence-corrected chi connectivity index (χ0v) is 15.0. The third kappa shape index (κ3) is 3.35. The number of carbonyl (C=O) groups is 1. The van der Waals surface area contributed by atoms with Gasteiger partial charge in [0.25, 0.3) is 5.91 Å². The predicted molar refractivity (Wildman–Crippen MR) is 95.9 cm³/mol. The number of nitrogens with one attached hydrogen (secondary N) is 2. The first kappa shape index (κ1) is 15.9. The van der Waals surface area contributed by atoms with E-state index in [1.54, 1.807) is 0 Å². The number of hydrogen-bond donors (Lipinski definition) is 2. The van der Waals surface area contributed by atoms with Gasteiger partial charge in [0.05, 0.1) is 15.9 Å². The lowest BCUT2D eigenvalue weighted by Crippen LogP contribution is -2.12. The standard InChI is InChI=1S/C16H15BrN4OS/c1-9(2)13-12(17)14(21-20-13)15(22)19-16-18-11(8-23-16)10-6-4-3-5-7-10/h3-9H,1-2H3,(H,20,21)(H,18,19,22). The van der Waals surface area contributed by atoms with Crippen molar-refractivity contribution in [2.75, 3.05) is 5.32 Å². The molecule has 0 unspecified atom stereocenters. The van der Waals surface area contributed by atoms with Gasteiger partial charge in [0.1, 0.15) is 0 Å². The van der Waals surface area contributed by atoms with E-state index in [1.165, 1.54) is 11.3 Å². The van der Waals surface area contributed by atoms with Crippen LogP contribution in [0.3, 0.4) is 0 Å². The van der Waals surface area contributed by atoms with Crippen LogP contribution in [-0.2, 0) is 0 Å². The number of amides is 1. The van der Waals surface area contributed by atoms with Gasteiger partial charge in [-0.2, -0.15) is 5.10 Å². The monoisotopic (exact) mass is 390 g/mol. The van der Waals surface area contributed by atoms with E-state index in [2.05, 4.69) is 36.4 Å². The molecule has 0 atom stereocenters. The van der Waals surface area contributed by atoms with Crippen LogP contribution in [0.1, 0.15) is 35.9 Å². The van der Waals surface area contributed by atoms with E-state index >= 15 is 0 Å². The van der Waals surface area contributed by atoms with E-state index in [1.807, 2.05) is 49.6 Å². The van der Waals surface area contributed by atoms with Crippen molar-refractivity contribution in [1.82, 2.24) is 15.2 Å². The Bertz CT molecular complexity index is 826. The summed E-state index contributed by atoms with van der Waals surface area (Å²) in [4.78, 5) is 16.8. The van der Waals surface area contributed by atoms with Crippen molar-refractivity contribution in [3.05, 3.63) is 51.6 Å². The number of aromatic nitrogens is 3. The summed E-state index contributed by atoms with van der Waals surface area (Å²) < 4.78 is 0.699. The molecule has 5 nitrogen and oxygen atoms in total. The highest BCUT2D eigenvalue weighted by atomic mass is 79.9. The average Bonchev–Trinajstić information content (AvgIpc) is 3.15. The molecular weight excluding hydrogens is 376 g/mol. The number of rotatable bonds is 4. The molecule has 118 valence electrons. The number of carbonyl (C=O) groups excluding carboxylic acids is 1. The first-order valence-corrected chi connectivity index (χ1v) is 8.79. The van der Waals surface area contributed by atoms with Crippen LogP contribution < -0.4 is 5.32 Å². The van der Waals surface area contributed by atoms with Gasteiger partial charge < -0.3 is 0 Å². The molecule has 3 aromatic rings. The Morgan fingerprint density at radius 1 is 1.30 bits per heavy atom. The number of anilines is 1. The normalized spacial score (nSPS) is 11.0. The molecule has 0 fully saturated rings. The molecule has 0 bridgehead atoms. The van der Waals surface area contributed by atoms with Crippen molar-refractivity contribution in [2.24, 2.45) is 0 Å². The van der Waals surface area contributed by atoms with Crippen molar-refractivity contribution < 1.29 is 4.79 Å². The summed E-state index contributed by atoms with van der Waals surface area (Å²) >= 11 is 4.83. The molecule has 0 aliphatic carbocycles. The van der Waals surface area contributed by atoms with Gasteiger partial charge in [-0.25, -0.2) is 4.98 Å². The van der Waals surface area contributed by atoms with Crippen LogP contribution in [0, 0.1) is 0 Å². The number of benzene rings is 1. The molecule has 2 heterocycles.